The first-order valence-corrected chi connectivity index (χ1v) is 4.39. The second kappa shape index (κ2) is 3.74. The zero-order chi connectivity index (χ0) is 8.23. The fourth-order valence-corrected chi connectivity index (χ4v) is 1.49. The van der Waals surface area contributed by atoms with Crippen molar-refractivity contribution in [2.75, 3.05) is 26.2 Å². The smallest absolute Gasteiger partial charge is 0.152 e. The molecule has 2 aliphatic rings. The van der Waals surface area contributed by atoms with Gasteiger partial charge >= 0.3 is 0 Å². The molecule has 2 aliphatic heterocycles. The van der Waals surface area contributed by atoms with Gasteiger partial charge in [-0.05, 0) is 18.4 Å². The van der Waals surface area contributed by atoms with Gasteiger partial charge in [0.2, 0.25) is 0 Å². The van der Waals surface area contributed by atoms with Gasteiger partial charge < -0.3 is 10.6 Å². The van der Waals surface area contributed by atoms with Gasteiger partial charge in [-0.1, -0.05) is 6.08 Å². The summed E-state index contributed by atoms with van der Waals surface area (Å²) in [5.74, 6) is 0. The maximum Gasteiger partial charge on any atom is 0.152 e. The summed E-state index contributed by atoms with van der Waals surface area (Å²) in [4.78, 5) is 2.36. The fourth-order valence-electron chi connectivity index (χ4n) is 1.49. The quantitative estimate of drug-likeness (QED) is 0.573. The van der Waals surface area contributed by atoms with Crippen LogP contribution in [-0.2, 0) is 0 Å². The first-order chi connectivity index (χ1) is 5.97. The molecule has 1 fully saturated rings. The molecule has 0 unspecified atom stereocenters. The number of dihydropyridines is 1. The Kier molecular flexibility index (Phi) is 2.44. The largest absolute Gasteiger partial charge is 0.367 e. The van der Waals surface area contributed by atoms with Crippen molar-refractivity contribution in [2.24, 2.45) is 0 Å². The number of nitrogens with zero attached hydrogens (tertiary/aromatic N) is 1. The van der Waals surface area contributed by atoms with Gasteiger partial charge in [-0.15, -0.1) is 0 Å². The first kappa shape index (κ1) is 7.83. The number of hydrogen-bond acceptors (Lipinski definition) is 3. The Balaban J connectivity index is 1.90. The molecule has 0 amide bonds. The van der Waals surface area contributed by atoms with Crippen molar-refractivity contribution < 1.29 is 0 Å². The Morgan fingerprint density at radius 1 is 1.17 bits per heavy atom. The van der Waals surface area contributed by atoms with E-state index in [1.54, 1.807) is 0 Å². The van der Waals surface area contributed by atoms with Gasteiger partial charge in [0.1, 0.15) is 0 Å². The maximum absolute atomic E-state index is 3.33. The van der Waals surface area contributed by atoms with Crippen molar-refractivity contribution in [2.45, 2.75) is 0 Å². The molecule has 2 rings (SSSR count). The Morgan fingerprint density at radius 3 is 2.67 bits per heavy atom. The van der Waals surface area contributed by atoms with Crippen molar-refractivity contribution in [3.05, 3.63) is 30.6 Å². The van der Waals surface area contributed by atoms with E-state index in [9.17, 15) is 0 Å². The highest BCUT2D eigenvalue weighted by Gasteiger charge is 2.18. The van der Waals surface area contributed by atoms with Crippen LogP contribution < -0.4 is 10.6 Å². The molecular formula is C9H14N3. The van der Waals surface area contributed by atoms with E-state index in [1.807, 2.05) is 12.3 Å². The molecule has 1 radical (unpaired) electrons. The lowest BCUT2D eigenvalue weighted by Crippen LogP contribution is -2.47. The average Bonchev–Trinajstić information content (AvgIpc) is 2.21. The number of hydrogen-bond donors (Lipinski definition) is 2. The van der Waals surface area contributed by atoms with E-state index < -0.39 is 0 Å². The summed E-state index contributed by atoms with van der Waals surface area (Å²) in [6.45, 7) is 4.37. The third-order valence-corrected chi connectivity index (χ3v) is 2.15. The lowest BCUT2D eigenvalue weighted by molar-refractivity contribution is 0.251. The second-order valence-corrected chi connectivity index (χ2v) is 2.98. The van der Waals surface area contributed by atoms with Crippen LogP contribution in [0.2, 0.25) is 0 Å². The van der Waals surface area contributed by atoms with Crippen LogP contribution in [0.3, 0.4) is 0 Å². The summed E-state index contributed by atoms with van der Waals surface area (Å²) in [5, 5.41) is 6.57. The van der Waals surface area contributed by atoms with Crippen molar-refractivity contribution in [1.82, 2.24) is 15.5 Å². The van der Waals surface area contributed by atoms with Crippen LogP contribution in [-0.4, -0.2) is 31.1 Å². The van der Waals surface area contributed by atoms with Crippen LogP contribution in [0.25, 0.3) is 0 Å². The molecule has 0 aliphatic carbocycles. The van der Waals surface area contributed by atoms with Gasteiger partial charge in [-0.2, -0.15) is 0 Å². The summed E-state index contributed by atoms with van der Waals surface area (Å²) in [6.07, 6.45) is 9.38. The standard InChI is InChI=1S/C9H14N3/c1-2-4-11-9(3-1)12-7-5-10-6-8-12/h1-4,10-11H,5-8H2. The Morgan fingerprint density at radius 2 is 2.00 bits per heavy atom. The molecule has 0 saturated carbocycles. The highest BCUT2D eigenvalue weighted by Crippen LogP contribution is 2.10. The van der Waals surface area contributed by atoms with Gasteiger partial charge in [0.15, 0.2) is 6.17 Å². The number of nitrogens with one attached hydrogen (secondary N) is 2. The van der Waals surface area contributed by atoms with E-state index in [4.69, 9.17) is 0 Å². The van der Waals surface area contributed by atoms with Gasteiger partial charge in [0, 0.05) is 26.2 Å². The first-order valence-electron chi connectivity index (χ1n) is 4.39. The van der Waals surface area contributed by atoms with Crippen LogP contribution in [0, 0.1) is 6.17 Å². The zero-order valence-corrected chi connectivity index (χ0v) is 7.09. The highest BCUT2D eigenvalue weighted by molar-refractivity contribution is 5.20. The van der Waals surface area contributed by atoms with E-state index in [2.05, 4.69) is 27.7 Å². The fraction of sp³-hybridized carbons (Fsp3) is 0.444. The maximum atomic E-state index is 3.33. The summed E-state index contributed by atoms with van der Waals surface area (Å²) in [7, 11) is 0. The Hall–Kier alpha value is -0.800. The molecule has 65 valence electrons. The van der Waals surface area contributed by atoms with E-state index in [0.717, 1.165) is 26.2 Å². The summed E-state index contributed by atoms with van der Waals surface area (Å²) >= 11 is 0. The lowest BCUT2D eigenvalue weighted by atomic mass is 10.2. The Labute approximate surface area is 73.1 Å². The molecule has 0 aromatic rings. The van der Waals surface area contributed by atoms with E-state index in [1.165, 1.54) is 6.17 Å². The molecule has 0 bridgehead atoms. The second-order valence-electron chi connectivity index (χ2n) is 2.98. The van der Waals surface area contributed by atoms with Crippen molar-refractivity contribution in [3.8, 4) is 0 Å². The minimum Gasteiger partial charge on any atom is -0.367 e. The molecule has 3 nitrogen and oxygen atoms in total. The molecule has 0 aromatic heterocycles. The average molecular weight is 164 g/mol. The third kappa shape index (κ3) is 1.68. The number of allylic oxidation sites excluding steroid dienone is 2. The summed E-state index contributed by atoms with van der Waals surface area (Å²) in [6, 6.07) is 0. The molecule has 2 heterocycles. The molecule has 2 N–H and O–H groups in total. The molecule has 12 heavy (non-hydrogen) atoms. The molecule has 0 spiro atoms. The van der Waals surface area contributed by atoms with Gasteiger partial charge in [-0.25, -0.2) is 0 Å². The van der Waals surface area contributed by atoms with Crippen LogP contribution in [0.15, 0.2) is 24.4 Å². The summed E-state index contributed by atoms with van der Waals surface area (Å²) in [5.41, 5.74) is 0. The molecule has 1 saturated heterocycles. The van der Waals surface area contributed by atoms with Crippen LogP contribution in [0.1, 0.15) is 0 Å². The van der Waals surface area contributed by atoms with Gasteiger partial charge in [-0.3, -0.25) is 4.90 Å². The third-order valence-electron chi connectivity index (χ3n) is 2.15. The number of piperazine rings is 1. The molecular weight excluding hydrogens is 150 g/mol. The molecule has 3 heteroatoms. The minimum absolute atomic E-state index is 1.09. The summed E-state index contributed by atoms with van der Waals surface area (Å²) < 4.78 is 0. The molecule has 0 atom stereocenters. The predicted molar refractivity (Wildman–Crippen MR) is 49.1 cm³/mol. The minimum atomic E-state index is 1.09. The monoisotopic (exact) mass is 164 g/mol. The topological polar surface area (TPSA) is 27.3 Å². The van der Waals surface area contributed by atoms with Gasteiger partial charge in [0.25, 0.3) is 0 Å². The van der Waals surface area contributed by atoms with Crippen LogP contribution in [0.4, 0.5) is 0 Å². The normalized spacial score (nSPS) is 25.7. The van der Waals surface area contributed by atoms with E-state index in [0.29, 0.717) is 0 Å². The SMILES string of the molecule is C1=CN[C](N2CCNCC2)C=C1. The van der Waals surface area contributed by atoms with Crippen LogP contribution in [0.5, 0.6) is 0 Å². The van der Waals surface area contributed by atoms with Crippen molar-refractivity contribution in [1.29, 1.82) is 0 Å². The number of rotatable bonds is 1. The zero-order valence-electron chi connectivity index (χ0n) is 7.09. The van der Waals surface area contributed by atoms with Gasteiger partial charge in [0.05, 0.1) is 0 Å². The highest BCUT2D eigenvalue weighted by atomic mass is 15.3. The van der Waals surface area contributed by atoms with Crippen LogP contribution >= 0.6 is 0 Å². The molecule has 0 aromatic carbocycles. The lowest BCUT2D eigenvalue weighted by Gasteiger charge is -2.32. The van der Waals surface area contributed by atoms with E-state index >= 15 is 0 Å². The van der Waals surface area contributed by atoms with Crippen molar-refractivity contribution >= 4 is 0 Å². The Bertz CT molecular complexity index is 192. The van der Waals surface area contributed by atoms with E-state index in [-0.39, 0.29) is 0 Å². The predicted octanol–water partition coefficient (Wildman–Crippen LogP) is 0.0542. The van der Waals surface area contributed by atoms with Crippen molar-refractivity contribution in [3.63, 3.8) is 0 Å².